The number of rotatable bonds is 2. The van der Waals surface area contributed by atoms with Crippen LogP contribution in [0.4, 0.5) is 0 Å². The first-order chi connectivity index (χ1) is 11.9. The second-order valence-corrected chi connectivity index (χ2v) is 7.19. The van der Waals surface area contributed by atoms with Crippen LogP contribution < -0.4 is 9.47 Å². The molecule has 0 radical (unpaired) electrons. The lowest BCUT2D eigenvalue weighted by Crippen LogP contribution is -2.76. The van der Waals surface area contributed by atoms with Crippen molar-refractivity contribution >= 4 is 5.78 Å². The Balaban J connectivity index is 1.90. The molecule has 1 spiro atoms. The van der Waals surface area contributed by atoms with E-state index in [9.17, 15) is 6.17 Å². The van der Waals surface area contributed by atoms with Crippen molar-refractivity contribution in [2.45, 2.75) is 48.8 Å². The van der Waals surface area contributed by atoms with E-state index in [2.05, 4.69) is 0 Å². The Bertz CT molecular complexity index is 802. The van der Waals surface area contributed by atoms with Crippen molar-refractivity contribution in [1.29, 1.82) is 1.43 Å². The normalized spacial score (nSPS) is 45.0. The van der Waals surface area contributed by atoms with Crippen molar-refractivity contribution in [2.75, 3.05) is 20.7 Å². The van der Waals surface area contributed by atoms with Gasteiger partial charge in [-0.2, -0.15) is 0 Å². The van der Waals surface area contributed by atoms with Crippen LogP contribution in [0.2, 0.25) is 0 Å². The van der Waals surface area contributed by atoms with Gasteiger partial charge >= 0.3 is 0 Å². The van der Waals surface area contributed by atoms with E-state index in [0.29, 0.717) is 37.3 Å². The average molecular weight is 317 g/mol. The second-order valence-electron chi connectivity index (χ2n) is 7.19. The van der Waals surface area contributed by atoms with E-state index in [0.717, 1.165) is 11.1 Å². The van der Waals surface area contributed by atoms with Crippen molar-refractivity contribution in [1.82, 2.24) is 4.90 Å². The minimum atomic E-state index is -1.10. The Morgan fingerprint density at radius 1 is 1.52 bits per heavy atom. The third-order valence-electron chi connectivity index (χ3n) is 6.42. The number of carbonyl (C=O) groups excluding carboxylic acids is 1. The summed E-state index contributed by atoms with van der Waals surface area (Å²) in [5.41, 5.74) is 0.0711. The monoisotopic (exact) mass is 317 g/mol. The maximum absolute atomic E-state index is 12.8. The number of ether oxygens (including phenoxy) is 2. The van der Waals surface area contributed by atoms with Crippen LogP contribution >= 0.6 is 0 Å². The minimum Gasteiger partial charge on any atom is -0.493 e. The number of benzene rings is 1. The number of hydrogen-bond acceptors (Lipinski definition) is 5. The van der Waals surface area contributed by atoms with Crippen molar-refractivity contribution in [3.63, 3.8) is 0 Å². The molecule has 1 aromatic rings. The molecule has 0 amide bonds. The lowest BCUT2D eigenvalue weighted by molar-refractivity contribution is -0.185. The van der Waals surface area contributed by atoms with Gasteiger partial charge in [0.2, 0.25) is 1.43 Å². The van der Waals surface area contributed by atoms with E-state index in [-0.39, 0.29) is 12.2 Å². The number of likely N-dealkylation sites (N-methyl/N-ethyl adjacent to an activating group) is 1. The summed E-state index contributed by atoms with van der Waals surface area (Å²) in [5.74, 6) is 1.24. The van der Waals surface area contributed by atoms with Crippen LogP contribution in [-0.2, 0) is 16.6 Å². The van der Waals surface area contributed by atoms with Crippen molar-refractivity contribution < 1.29 is 20.7 Å². The van der Waals surface area contributed by atoms with Gasteiger partial charge in [0.1, 0.15) is 0 Å². The Morgan fingerprint density at radius 3 is 3.17 bits per heavy atom. The third kappa shape index (κ3) is 1.32. The summed E-state index contributed by atoms with van der Waals surface area (Å²) in [6.07, 6.45) is 1.02. The largest absolute Gasteiger partial charge is 0.493 e. The van der Waals surface area contributed by atoms with Gasteiger partial charge in [0.15, 0.2) is 23.4 Å². The lowest BCUT2D eigenvalue weighted by atomic mass is 9.49. The Hall–Kier alpha value is -1.59. The highest BCUT2D eigenvalue weighted by Crippen LogP contribution is 2.64. The molecule has 1 N–H and O–H groups in total. The summed E-state index contributed by atoms with van der Waals surface area (Å²) < 4.78 is 29.0. The summed E-state index contributed by atoms with van der Waals surface area (Å²) >= 11 is 0. The standard InChI is InChI=1S/C18H21NO4/c1-19-8-7-17-14-10-3-4-12(22-2)15(14)23-16(17)11(20)5-6-18(17,21)13(19)9-10/h3-4,13,16,21H,5-9H2,1-2H3/t13-,16?,17+,18-/m1/s1/i13D,21D. The molecule has 122 valence electrons. The molecule has 1 unspecified atom stereocenters. The summed E-state index contributed by atoms with van der Waals surface area (Å²) in [4.78, 5) is 14.8. The SMILES string of the molecule is [2H]O[C@@]12CCC(=O)C3Oc4c(OC)ccc5c4[C@@]31CCN(C)[C@]2([2H])C5. The van der Waals surface area contributed by atoms with E-state index in [1.54, 1.807) is 7.11 Å². The smallest absolute Gasteiger partial charge is 0.211 e. The lowest BCUT2D eigenvalue weighted by Gasteiger charge is -2.62. The number of Topliss-reactive ketones (excluding diaryl/α,β-unsaturated/α-hetero) is 1. The molecule has 5 heteroatoms. The zero-order valence-electron chi connectivity index (χ0n) is 15.3. The van der Waals surface area contributed by atoms with Crippen LogP contribution in [0, 0.1) is 0 Å². The molecule has 1 saturated heterocycles. The van der Waals surface area contributed by atoms with Crippen molar-refractivity contribution in [2.24, 2.45) is 0 Å². The first-order valence-electron chi connectivity index (χ1n) is 9.11. The van der Waals surface area contributed by atoms with Gasteiger partial charge in [-0.3, -0.25) is 4.79 Å². The number of ketones is 1. The molecule has 2 aliphatic carbocycles. The van der Waals surface area contributed by atoms with Crippen LogP contribution in [-0.4, -0.2) is 55.6 Å². The van der Waals surface area contributed by atoms with Gasteiger partial charge in [0.25, 0.3) is 0 Å². The van der Waals surface area contributed by atoms with Crippen molar-refractivity contribution in [3.05, 3.63) is 23.3 Å². The molecule has 5 nitrogen and oxygen atoms in total. The number of nitrogens with zero attached hydrogens (tertiary/aromatic N) is 1. The molecule has 2 heterocycles. The highest BCUT2D eigenvalue weighted by molar-refractivity contribution is 5.90. The number of hydrogen-bond donors (Lipinski definition) is 1. The molecule has 0 aromatic heterocycles. The highest BCUT2D eigenvalue weighted by Gasteiger charge is 2.72. The first kappa shape index (κ1) is 11.9. The van der Waals surface area contributed by atoms with Gasteiger partial charge in [-0.15, -0.1) is 0 Å². The van der Waals surface area contributed by atoms with E-state index >= 15 is 0 Å². The van der Waals surface area contributed by atoms with E-state index in [4.69, 9.17) is 16.0 Å². The fraction of sp³-hybridized carbons (Fsp3) is 0.611. The van der Waals surface area contributed by atoms with Gasteiger partial charge in [-0.05, 0) is 44.5 Å². The Morgan fingerprint density at radius 2 is 2.39 bits per heavy atom. The van der Waals surface area contributed by atoms with Gasteiger partial charge in [0.05, 0.1) is 19.5 Å². The number of carbonyl (C=O) groups is 1. The molecular weight excluding hydrogens is 294 g/mol. The molecule has 5 rings (SSSR count). The predicted octanol–water partition coefficient (Wildman–Crippen LogP) is 1.05. The Labute approximate surface area is 138 Å². The zero-order chi connectivity index (χ0) is 17.6. The molecule has 2 aliphatic heterocycles. The van der Waals surface area contributed by atoms with Gasteiger partial charge < -0.3 is 19.5 Å². The zero-order valence-corrected chi connectivity index (χ0v) is 13.3. The van der Waals surface area contributed by atoms with Crippen LogP contribution in [0.3, 0.4) is 0 Å². The molecule has 4 aliphatic rings. The fourth-order valence-corrected chi connectivity index (χ4v) is 5.38. The molecular formula is C18H21NO4. The molecule has 2 bridgehead atoms. The summed E-state index contributed by atoms with van der Waals surface area (Å²) in [7, 11) is 3.50. The number of piperidine rings is 1. The maximum Gasteiger partial charge on any atom is 0.211 e. The summed E-state index contributed by atoms with van der Waals surface area (Å²) in [5, 5.41) is 5.44. The maximum atomic E-state index is 12.8. The Kier molecular flexibility index (Phi) is 2.11. The van der Waals surface area contributed by atoms with Crippen LogP contribution in [0.15, 0.2) is 12.1 Å². The first-order valence-corrected chi connectivity index (χ1v) is 8.20. The second kappa shape index (κ2) is 4.08. The van der Waals surface area contributed by atoms with Crippen LogP contribution in [0.1, 0.15) is 31.8 Å². The fourth-order valence-electron chi connectivity index (χ4n) is 5.38. The van der Waals surface area contributed by atoms with Crippen LogP contribution in [0.25, 0.3) is 0 Å². The molecule has 1 aromatic carbocycles. The van der Waals surface area contributed by atoms with Gasteiger partial charge in [-0.1, -0.05) is 6.07 Å². The molecule has 1 saturated carbocycles. The van der Waals surface area contributed by atoms with Gasteiger partial charge in [0, 0.05) is 18.0 Å². The average Bonchev–Trinajstić information content (AvgIpc) is 2.96. The third-order valence-corrected chi connectivity index (χ3v) is 6.42. The summed E-state index contributed by atoms with van der Waals surface area (Å²) in [6, 6.07) is 2.72. The van der Waals surface area contributed by atoms with E-state index < -0.39 is 23.1 Å². The molecule has 2 fully saturated rings. The van der Waals surface area contributed by atoms with E-state index in [1.165, 1.54) is 0 Å². The quantitative estimate of drug-likeness (QED) is 0.883. The predicted molar refractivity (Wildman–Crippen MR) is 83.0 cm³/mol. The van der Waals surface area contributed by atoms with Gasteiger partial charge in [-0.25, -0.2) is 0 Å². The number of methoxy groups -OCH3 is 1. The molecule has 23 heavy (non-hydrogen) atoms. The van der Waals surface area contributed by atoms with Crippen LogP contribution in [0.5, 0.6) is 11.5 Å². The number of likely N-dealkylation sites (tertiary alicyclic amines) is 1. The molecule has 4 atom stereocenters. The minimum absolute atomic E-state index is 0.0330. The van der Waals surface area contributed by atoms with Crippen molar-refractivity contribution in [3.8, 4) is 11.5 Å². The topological polar surface area (TPSA) is 59.0 Å². The van der Waals surface area contributed by atoms with E-state index in [1.807, 2.05) is 24.1 Å². The summed E-state index contributed by atoms with van der Waals surface area (Å²) in [6.45, 7) is 0.665. The number of aliphatic hydroxyl groups is 1. The highest BCUT2D eigenvalue weighted by atomic mass is 16.5.